The highest BCUT2D eigenvalue weighted by Gasteiger charge is 2.22. The third-order valence-corrected chi connectivity index (χ3v) is 4.13. The third-order valence-electron chi connectivity index (χ3n) is 4.13. The predicted octanol–water partition coefficient (Wildman–Crippen LogP) is 2.11. The van der Waals surface area contributed by atoms with Gasteiger partial charge in [-0.2, -0.15) is 0 Å². The fourth-order valence-corrected chi connectivity index (χ4v) is 2.88. The first-order valence-electron chi connectivity index (χ1n) is 7.71. The van der Waals surface area contributed by atoms with E-state index in [4.69, 9.17) is 0 Å². The minimum atomic E-state index is 0.0733. The van der Waals surface area contributed by atoms with Crippen LogP contribution in [-0.2, 0) is 4.79 Å². The van der Waals surface area contributed by atoms with E-state index in [0.29, 0.717) is 18.3 Å². The zero-order valence-electron chi connectivity index (χ0n) is 13.2. The molecule has 1 aliphatic rings. The van der Waals surface area contributed by atoms with Gasteiger partial charge < -0.3 is 15.5 Å². The molecule has 0 bridgehead atoms. The highest BCUT2D eigenvalue weighted by Crippen LogP contribution is 2.24. The average molecular weight is 290 g/mol. The van der Waals surface area contributed by atoms with Crippen molar-refractivity contribution in [2.45, 2.75) is 26.2 Å². The minimum Gasteiger partial charge on any atom is -0.361 e. The smallest absolute Gasteiger partial charge is 0.224 e. The number of nitrogens with zero attached hydrogens (tertiary/aromatic N) is 2. The van der Waals surface area contributed by atoms with E-state index in [2.05, 4.69) is 22.5 Å². The van der Waals surface area contributed by atoms with Crippen LogP contribution in [0.5, 0.6) is 0 Å². The molecule has 1 fully saturated rings. The zero-order valence-corrected chi connectivity index (χ0v) is 13.2. The van der Waals surface area contributed by atoms with E-state index < -0.39 is 0 Å². The van der Waals surface area contributed by atoms with E-state index in [1.165, 1.54) is 12.8 Å². The van der Waals surface area contributed by atoms with Gasteiger partial charge >= 0.3 is 0 Å². The Morgan fingerprint density at radius 3 is 3.05 bits per heavy atom. The van der Waals surface area contributed by atoms with Gasteiger partial charge in [-0.25, -0.2) is 4.98 Å². The summed E-state index contributed by atoms with van der Waals surface area (Å²) in [6.07, 6.45) is 4.73. The molecule has 0 spiro atoms. The summed E-state index contributed by atoms with van der Waals surface area (Å²) < 4.78 is 0. The molecule has 1 amide bonds. The summed E-state index contributed by atoms with van der Waals surface area (Å²) in [5.74, 6) is 1.87. The number of carbonyl (C=O) groups is 1. The van der Waals surface area contributed by atoms with Gasteiger partial charge in [-0.3, -0.25) is 4.79 Å². The summed E-state index contributed by atoms with van der Waals surface area (Å²) in [6.45, 7) is 4.31. The second-order valence-corrected chi connectivity index (χ2v) is 6.11. The second kappa shape index (κ2) is 7.41. The molecule has 0 saturated carbocycles. The van der Waals surface area contributed by atoms with E-state index in [0.717, 1.165) is 24.6 Å². The molecule has 0 aromatic carbocycles. The lowest BCUT2D eigenvalue weighted by molar-refractivity contribution is -0.117. The van der Waals surface area contributed by atoms with Crippen LogP contribution in [0.2, 0.25) is 0 Å². The molecule has 2 N–H and O–H groups in total. The van der Waals surface area contributed by atoms with Crippen molar-refractivity contribution in [3.8, 4) is 0 Å². The van der Waals surface area contributed by atoms with Gasteiger partial charge in [0, 0.05) is 26.7 Å². The molecular weight excluding hydrogens is 264 g/mol. The van der Waals surface area contributed by atoms with Crippen LogP contribution >= 0.6 is 0 Å². The van der Waals surface area contributed by atoms with Crippen molar-refractivity contribution >= 4 is 17.4 Å². The van der Waals surface area contributed by atoms with Crippen molar-refractivity contribution in [1.29, 1.82) is 0 Å². The van der Waals surface area contributed by atoms with E-state index in [9.17, 15) is 4.79 Å². The number of aromatic nitrogens is 1. The van der Waals surface area contributed by atoms with Gasteiger partial charge in [0.2, 0.25) is 5.91 Å². The summed E-state index contributed by atoms with van der Waals surface area (Å²) in [7, 11) is 3.85. The highest BCUT2D eigenvalue weighted by molar-refractivity contribution is 5.93. The number of amides is 1. The third kappa shape index (κ3) is 4.43. The molecule has 2 rings (SSSR count). The summed E-state index contributed by atoms with van der Waals surface area (Å²) in [4.78, 5) is 18.5. The first-order chi connectivity index (χ1) is 10.1. The van der Waals surface area contributed by atoms with Gasteiger partial charge in [-0.15, -0.1) is 0 Å². The second-order valence-electron chi connectivity index (χ2n) is 6.11. The van der Waals surface area contributed by atoms with Crippen LogP contribution in [0.1, 0.15) is 26.2 Å². The maximum atomic E-state index is 12.3. The molecule has 2 atom stereocenters. The molecule has 21 heavy (non-hydrogen) atoms. The van der Waals surface area contributed by atoms with Crippen LogP contribution in [0.4, 0.5) is 11.5 Å². The number of carbonyl (C=O) groups excluding carboxylic acids is 1. The molecule has 2 heterocycles. The van der Waals surface area contributed by atoms with Crippen molar-refractivity contribution < 1.29 is 4.79 Å². The zero-order chi connectivity index (χ0) is 15.2. The number of hydrogen-bond donors (Lipinski definition) is 2. The molecule has 1 aromatic rings. The van der Waals surface area contributed by atoms with Crippen LogP contribution in [0, 0.1) is 11.8 Å². The van der Waals surface area contributed by atoms with Gasteiger partial charge in [0.1, 0.15) is 0 Å². The Balaban J connectivity index is 1.92. The largest absolute Gasteiger partial charge is 0.361 e. The van der Waals surface area contributed by atoms with Crippen LogP contribution in [0.15, 0.2) is 18.3 Å². The molecule has 2 unspecified atom stereocenters. The quantitative estimate of drug-likeness (QED) is 0.872. The van der Waals surface area contributed by atoms with Gasteiger partial charge in [-0.1, -0.05) is 6.92 Å². The number of anilines is 2. The number of rotatable bonds is 5. The molecule has 116 valence electrons. The normalized spacial score (nSPS) is 19.9. The Hall–Kier alpha value is -1.62. The van der Waals surface area contributed by atoms with Gasteiger partial charge in [0.15, 0.2) is 5.82 Å². The standard InChI is InChI=1S/C16H26N4O/c1-12(13-6-4-8-17-11-13)10-15(21)19-14-7-5-9-18-16(14)20(2)3/h5,7,9,12-13,17H,4,6,8,10-11H2,1-3H3,(H,19,21). The number of hydrogen-bond acceptors (Lipinski definition) is 4. The van der Waals surface area contributed by atoms with Crippen LogP contribution < -0.4 is 15.5 Å². The van der Waals surface area contributed by atoms with Gasteiger partial charge in [0.05, 0.1) is 5.69 Å². The number of nitrogens with one attached hydrogen (secondary N) is 2. The van der Waals surface area contributed by atoms with Crippen LogP contribution in [0.25, 0.3) is 0 Å². The maximum absolute atomic E-state index is 12.3. The van der Waals surface area contributed by atoms with E-state index in [-0.39, 0.29) is 5.91 Å². The summed E-state index contributed by atoms with van der Waals surface area (Å²) in [5, 5.41) is 6.41. The van der Waals surface area contributed by atoms with E-state index >= 15 is 0 Å². The fourth-order valence-electron chi connectivity index (χ4n) is 2.88. The van der Waals surface area contributed by atoms with E-state index in [1.54, 1.807) is 6.20 Å². The van der Waals surface area contributed by atoms with Crippen molar-refractivity contribution in [3.63, 3.8) is 0 Å². The molecule has 1 aliphatic heterocycles. The minimum absolute atomic E-state index is 0.0733. The summed E-state index contributed by atoms with van der Waals surface area (Å²) in [5.41, 5.74) is 0.779. The topological polar surface area (TPSA) is 57.3 Å². The maximum Gasteiger partial charge on any atom is 0.224 e. The van der Waals surface area contributed by atoms with E-state index in [1.807, 2.05) is 31.1 Å². The summed E-state index contributed by atoms with van der Waals surface area (Å²) >= 11 is 0. The Kier molecular flexibility index (Phi) is 5.56. The molecule has 5 heteroatoms. The average Bonchev–Trinajstić information content (AvgIpc) is 2.48. The van der Waals surface area contributed by atoms with Crippen molar-refractivity contribution in [2.24, 2.45) is 11.8 Å². The molecule has 5 nitrogen and oxygen atoms in total. The fraction of sp³-hybridized carbons (Fsp3) is 0.625. The number of piperidine rings is 1. The van der Waals surface area contributed by atoms with Crippen molar-refractivity contribution in [3.05, 3.63) is 18.3 Å². The van der Waals surface area contributed by atoms with Crippen LogP contribution in [0.3, 0.4) is 0 Å². The molecular formula is C16H26N4O. The highest BCUT2D eigenvalue weighted by atomic mass is 16.1. The monoisotopic (exact) mass is 290 g/mol. The number of pyridine rings is 1. The first kappa shape index (κ1) is 15.8. The molecule has 0 aliphatic carbocycles. The van der Waals surface area contributed by atoms with Crippen molar-refractivity contribution in [1.82, 2.24) is 10.3 Å². The molecule has 1 saturated heterocycles. The lowest BCUT2D eigenvalue weighted by atomic mass is 9.85. The van der Waals surface area contributed by atoms with Gasteiger partial charge in [0.25, 0.3) is 0 Å². The Bertz CT molecular complexity index is 469. The molecule has 0 radical (unpaired) electrons. The predicted molar refractivity (Wildman–Crippen MR) is 86.6 cm³/mol. The lowest BCUT2D eigenvalue weighted by Crippen LogP contribution is -2.34. The van der Waals surface area contributed by atoms with Crippen LogP contribution in [-0.4, -0.2) is 38.1 Å². The van der Waals surface area contributed by atoms with Gasteiger partial charge in [-0.05, 0) is 49.9 Å². The molecule has 1 aromatic heterocycles. The van der Waals surface area contributed by atoms with Crippen molar-refractivity contribution in [2.75, 3.05) is 37.4 Å². The first-order valence-corrected chi connectivity index (χ1v) is 7.71. The Morgan fingerprint density at radius 2 is 2.38 bits per heavy atom. The Labute approximate surface area is 127 Å². The summed E-state index contributed by atoms with van der Waals surface area (Å²) in [6, 6.07) is 3.74. The Morgan fingerprint density at radius 1 is 1.57 bits per heavy atom. The lowest BCUT2D eigenvalue weighted by Gasteiger charge is -2.28. The SMILES string of the molecule is CC(CC(=O)Nc1cccnc1N(C)C)C1CCCNC1.